The Hall–Kier alpha value is -1.07. The number of nitrogens with one attached hydrogen (secondary N) is 1. The second-order valence-corrected chi connectivity index (χ2v) is 8.14. The molecule has 0 amide bonds. The van der Waals surface area contributed by atoms with Crippen LogP contribution in [0.4, 0.5) is 5.69 Å². The first-order valence-electron chi connectivity index (χ1n) is 7.31. The lowest BCUT2D eigenvalue weighted by Crippen LogP contribution is -2.43. The molecule has 20 heavy (non-hydrogen) atoms. The van der Waals surface area contributed by atoms with Gasteiger partial charge >= 0.3 is 0 Å². The number of nitrogens with zero attached hydrogens (tertiary/aromatic N) is 1. The molecule has 1 fully saturated rings. The molecule has 0 unspecified atom stereocenters. The summed E-state index contributed by atoms with van der Waals surface area (Å²) in [7, 11) is -3.39. The van der Waals surface area contributed by atoms with Crippen molar-refractivity contribution in [1.82, 2.24) is 4.31 Å². The molecule has 0 saturated carbocycles. The molecule has 2 aliphatic rings. The Kier molecular flexibility index (Phi) is 3.29. The van der Waals surface area contributed by atoms with Crippen molar-refractivity contribution >= 4 is 15.7 Å². The summed E-state index contributed by atoms with van der Waals surface area (Å²) in [6, 6.07) is 5.57. The molecule has 110 valence electrons. The fraction of sp³-hybridized carbons (Fsp3) is 0.600. The lowest BCUT2D eigenvalue weighted by Gasteiger charge is -2.32. The number of rotatable bonds is 2. The van der Waals surface area contributed by atoms with Crippen molar-refractivity contribution in [1.29, 1.82) is 0 Å². The van der Waals surface area contributed by atoms with Gasteiger partial charge in [-0.05, 0) is 57.2 Å². The molecule has 0 aromatic heterocycles. The topological polar surface area (TPSA) is 49.4 Å². The van der Waals surface area contributed by atoms with Crippen LogP contribution in [0.5, 0.6) is 0 Å². The maximum Gasteiger partial charge on any atom is 0.243 e. The van der Waals surface area contributed by atoms with Gasteiger partial charge < -0.3 is 5.32 Å². The first kappa shape index (κ1) is 13.9. The van der Waals surface area contributed by atoms with Gasteiger partial charge in [-0.1, -0.05) is 6.07 Å². The zero-order chi connectivity index (χ0) is 14.4. The van der Waals surface area contributed by atoms with Crippen molar-refractivity contribution in [3.8, 4) is 0 Å². The van der Waals surface area contributed by atoms with Gasteiger partial charge in [-0.25, -0.2) is 8.42 Å². The van der Waals surface area contributed by atoms with Crippen molar-refractivity contribution in [3.63, 3.8) is 0 Å². The smallest absolute Gasteiger partial charge is 0.243 e. The van der Waals surface area contributed by atoms with Crippen molar-refractivity contribution in [2.45, 2.75) is 50.0 Å². The molecule has 0 aliphatic carbocycles. The largest absolute Gasteiger partial charge is 0.385 e. The van der Waals surface area contributed by atoms with E-state index in [1.54, 1.807) is 10.4 Å². The third-order valence-electron chi connectivity index (χ3n) is 4.45. The molecule has 0 atom stereocenters. The van der Waals surface area contributed by atoms with Gasteiger partial charge in [-0.2, -0.15) is 4.31 Å². The van der Waals surface area contributed by atoms with Crippen molar-refractivity contribution in [2.24, 2.45) is 0 Å². The highest BCUT2D eigenvalue weighted by Crippen LogP contribution is 2.37. The summed E-state index contributed by atoms with van der Waals surface area (Å²) in [6.07, 6.45) is 3.70. The maximum absolute atomic E-state index is 13.0. The van der Waals surface area contributed by atoms with E-state index < -0.39 is 10.0 Å². The summed E-state index contributed by atoms with van der Waals surface area (Å²) in [5, 5.41) is 3.30. The van der Waals surface area contributed by atoms with E-state index in [-0.39, 0.29) is 5.54 Å². The average Bonchev–Trinajstić information content (AvgIpc) is 2.78. The second kappa shape index (κ2) is 4.74. The zero-order valence-corrected chi connectivity index (χ0v) is 13.0. The molecular formula is C15H22N2O2S. The molecule has 1 N–H and O–H groups in total. The summed E-state index contributed by atoms with van der Waals surface area (Å²) in [4.78, 5) is 0.497. The Morgan fingerprint density at radius 3 is 2.75 bits per heavy atom. The van der Waals surface area contributed by atoms with Gasteiger partial charge in [0.2, 0.25) is 10.0 Å². The van der Waals surface area contributed by atoms with E-state index in [2.05, 4.69) is 5.32 Å². The molecule has 2 heterocycles. The number of fused-ring (bicyclic) bond motifs is 1. The number of hydrogen-bond acceptors (Lipinski definition) is 3. The Morgan fingerprint density at radius 2 is 2.05 bits per heavy atom. The van der Waals surface area contributed by atoms with Crippen LogP contribution in [-0.4, -0.2) is 31.4 Å². The molecule has 1 aromatic carbocycles. The molecule has 4 nitrogen and oxygen atoms in total. The van der Waals surface area contributed by atoms with Crippen LogP contribution in [0, 0.1) is 0 Å². The Bertz CT molecular complexity index is 623. The minimum atomic E-state index is -3.39. The van der Waals surface area contributed by atoms with Crippen LogP contribution in [0.25, 0.3) is 0 Å². The maximum atomic E-state index is 13.0. The highest BCUT2D eigenvalue weighted by Gasteiger charge is 2.41. The SMILES string of the molecule is CC1(C)CCCN1S(=O)(=O)c1cccc2c1CCCN2. The minimum Gasteiger partial charge on any atom is -0.385 e. The molecule has 2 aliphatic heterocycles. The van der Waals surface area contributed by atoms with Crippen LogP contribution in [0.3, 0.4) is 0 Å². The zero-order valence-electron chi connectivity index (χ0n) is 12.1. The van der Waals surface area contributed by atoms with E-state index in [4.69, 9.17) is 0 Å². The third kappa shape index (κ3) is 2.13. The quantitative estimate of drug-likeness (QED) is 0.912. The Labute approximate surface area is 121 Å². The fourth-order valence-electron chi connectivity index (χ4n) is 3.37. The molecular weight excluding hydrogens is 272 g/mol. The highest BCUT2D eigenvalue weighted by atomic mass is 32.2. The van der Waals surface area contributed by atoms with Gasteiger partial charge in [0.05, 0.1) is 4.90 Å². The summed E-state index contributed by atoms with van der Waals surface area (Å²) in [6.45, 7) is 5.59. The second-order valence-electron chi connectivity index (χ2n) is 6.31. The van der Waals surface area contributed by atoms with E-state index in [0.717, 1.165) is 43.5 Å². The molecule has 5 heteroatoms. The normalized spacial score (nSPS) is 22.3. The summed E-state index contributed by atoms with van der Waals surface area (Å²) in [5.41, 5.74) is 1.67. The van der Waals surface area contributed by atoms with E-state index in [1.165, 1.54) is 0 Å². The van der Waals surface area contributed by atoms with Gasteiger partial charge in [-0.15, -0.1) is 0 Å². The summed E-state index contributed by atoms with van der Waals surface area (Å²) in [5.74, 6) is 0. The van der Waals surface area contributed by atoms with E-state index in [0.29, 0.717) is 11.4 Å². The molecule has 0 bridgehead atoms. The number of hydrogen-bond donors (Lipinski definition) is 1. The van der Waals surface area contributed by atoms with Gasteiger partial charge in [-0.3, -0.25) is 0 Å². The van der Waals surface area contributed by atoms with Crippen LogP contribution in [-0.2, 0) is 16.4 Å². The molecule has 1 saturated heterocycles. The van der Waals surface area contributed by atoms with Crippen molar-refractivity contribution in [2.75, 3.05) is 18.4 Å². The average molecular weight is 294 g/mol. The monoisotopic (exact) mass is 294 g/mol. The van der Waals surface area contributed by atoms with Crippen molar-refractivity contribution in [3.05, 3.63) is 23.8 Å². The summed E-state index contributed by atoms with van der Waals surface area (Å²) >= 11 is 0. The van der Waals surface area contributed by atoms with Crippen LogP contribution in [0.15, 0.2) is 23.1 Å². The van der Waals surface area contributed by atoms with Crippen LogP contribution in [0.2, 0.25) is 0 Å². The fourth-order valence-corrected chi connectivity index (χ4v) is 5.49. The van der Waals surface area contributed by atoms with Gasteiger partial charge in [0.1, 0.15) is 0 Å². The number of anilines is 1. The van der Waals surface area contributed by atoms with Crippen LogP contribution < -0.4 is 5.32 Å². The Balaban J connectivity index is 2.08. The molecule has 1 aromatic rings. The van der Waals surface area contributed by atoms with Gasteiger partial charge in [0.15, 0.2) is 0 Å². The summed E-state index contributed by atoms with van der Waals surface area (Å²) < 4.78 is 27.7. The first-order valence-corrected chi connectivity index (χ1v) is 8.75. The highest BCUT2D eigenvalue weighted by molar-refractivity contribution is 7.89. The van der Waals surface area contributed by atoms with E-state index in [9.17, 15) is 8.42 Å². The predicted octanol–water partition coefficient (Wildman–Crippen LogP) is 2.61. The molecule has 3 rings (SSSR count). The van der Waals surface area contributed by atoms with Crippen LogP contribution >= 0.6 is 0 Å². The van der Waals surface area contributed by atoms with Gasteiger partial charge in [0, 0.05) is 24.3 Å². The minimum absolute atomic E-state index is 0.274. The lowest BCUT2D eigenvalue weighted by molar-refractivity contribution is 0.291. The van der Waals surface area contributed by atoms with Gasteiger partial charge in [0.25, 0.3) is 0 Å². The van der Waals surface area contributed by atoms with E-state index >= 15 is 0 Å². The van der Waals surface area contributed by atoms with Crippen LogP contribution in [0.1, 0.15) is 38.7 Å². The first-order chi connectivity index (χ1) is 9.43. The standard InChI is InChI=1S/C15H22N2O2S/c1-15(2)9-5-11-17(15)20(18,19)14-8-3-7-13-12(14)6-4-10-16-13/h3,7-8,16H,4-6,9-11H2,1-2H3. The predicted molar refractivity (Wildman–Crippen MR) is 80.5 cm³/mol. The molecule has 0 spiro atoms. The number of sulfonamides is 1. The number of benzene rings is 1. The van der Waals surface area contributed by atoms with Crippen molar-refractivity contribution < 1.29 is 8.42 Å². The Morgan fingerprint density at radius 1 is 1.25 bits per heavy atom. The van der Waals surface area contributed by atoms with E-state index in [1.807, 2.05) is 26.0 Å². The third-order valence-corrected chi connectivity index (χ3v) is 6.64. The lowest BCUT2D eigenvalue weighted by atomic mass is 10.0. The molecule has 0 radical (unpaired) electrons.